The molecule has 0 unspecified atom stereocenters. The van der Waals surface area contributed by atoms with E-state index in [1.807, 2.05) is 9.58 Å². The average Bonchev–Trinajstić information content (AvgIpc) is 3.82. The van der Waals surface area contributed by atoms with Crippen molar-refractivity contribution in [1.82, 2.24) is 34.8 Å². The number of benzene rings is 1. The Morgan fingerprint density at radius 2 is 2.00 bits per heavy atom. The molecule has 4 N–H and O–H groups in total. The van der Waals surface area contributed by atoms with Crippen LogP contribution in [-0.4, -0.2) is 90.9 Å². The number of anilines is 1. The zero-order valence-electron chi connectivity index (χ0n) is 27.6. The van der Waals surface area contributed by atoms with E-state index in [-0.39, 0.29) is 56.9 Å². The van der Waals surface area contributed by atoms with Crippen molar-refractivity contribution in [3.05, 3.63) is 81.1 Å². The van der Waals surface area contributed by atoms with Gasteiger partial charge in [-0.05, 0) is 30.5 Å². The summed E-state index contributed by atoms with van der Waals surface area (Å²) in [5.74, 6) is -3.61. The molecule has 4 aromatic rings. The standard InChI is InChI=1S/C32H32ClFN10O6S2/c1-50-39-23(22-26(33)52-32(35)37-22)28(46)36-24-29(47)44-25(31(48)49)19(16-51-30(24)44)15-42-10-7-21-40(11-12-43(21)42)14-18-6-5-17(13-20(18)34)27(45)38-41-8-3-2-4-9-41/h5-7,10-13,24,30H,2-4,8-9,14-16H2,1H3,(H4-,35,36,37,38,45,46,48,49)/b39-23-/t24-,30-/m1/s1. The number of fused-ring (bicyclic) bond motifs is 2. The van der Waals surface area contributed by atoms with Gasteiger partial charge in [0.2, 0.25) is 0 Å². The van der Waals surface area contributed by atoms with Crippen molar-refractivity contribution in [2.75, 3.05) is 31.7 Å². The number of thioether (sulfide) groups is 1. The number of carbonyl (C=O) groups is 4. The van der Waals surface area contributed by atoms with Crippen LogP contribution < -0.4 is 26.1 Å². The molecule has 3 amide bonds. The summed E-state index contributed by atoms with van der Waals surface area (Å²) >= 11 is 8.38. The zero-order valence-corrected chi connectivity index (χ0v) is 30.0. The van der Waals surface area contributed by atoms with Crippen LogP contribution in [0.15, 0.2) is 59.3 Å². The molecular formula is C32H32ClFN10O6S2. The van der Waals surface area contributed by atoms with Crippen LogP contribution in [0.4, 0.5) is 9.52 Å². The Kier molecular flexibility index (Phi) is 9.92. The minimum atomic E-state index is -1.53. The second-order valence-electron chi connectivity index (χ2n) is 12.2. The average molecular weight is 771 g/mol. The van der Waals surface area contributed by atoms with E-state index in [9.17, 15) is 24.3 Å². The molecule has 20 heteroatoms. The van der Waals surface area contributed by atoms with E-state index in [0.29, 0.717) is 16.8 Å². The van der Waals surface area contributed by atoms with Gasteiger partial charge < -0.3 is 25.8 Å². The number of nitrogens with two attached hydrogens (primary N) is 1. The predicted octanol–water partition coefficient (Wildman–Crippen LogP) is 0.493. The normalized spacial score (nSPS) is 19.4. The summed E-state index contributed by atoms with van der Waals surface area (Å²) in [5.41, 5.74) is 9.72. The van der Waals surface area contributed by atoms with Gasteiger partial charge in [0.25, 0.3) is 17.7 Å². The van der Waals surface area contributed by atoms with E-state index in [4.69, 9.17) is 22.2 Å². The van der Waals surface area contributed by atoms with Crippen LogP contribution in [0.5, 0.6) is 0 Å². The predicted molar refractivity (Wildman–Crippen MR) is 186 cm³/mol. The number of carbonyl (C=O) groups excluding carboxylic acids is 4. The first-order valence-electron chi connectivity index (χ1n) is 16.2. The molecule has 0 spiro atoms. The molecule has 3 aliphatic rings. The highest BCUT2D eigenvalue weighted by Crippen LogP contribution is 2.40. The fourth-order valence-corrected chi connectivity index (χ4v) is 8.73. The van der Waals surface area contributed by atoms with Crippen LogP contribution in [0.2, 0.25) is 4.34 Å². The van der Waals surface area contributed by atoms with Crippen molar-refractivity contribution in [2.24, 2.45) is 5.16 Å². The maximum atomic E-state index is 15.2. The molecule has 2 saturated heterocycles. The second kappa shape index (κ2) is 14.6. The molecule has 16 nitrogen and oxygen atoms in total. The Bertz CT molecular complexity index is 2160. The monoisotopic (exact) mass is 770 g/mol. The maximum Gasteiger partial charge on any atom is 0.307 e. The molecule has 1 aromatic carbocycles. The number of rotatable bonds is 11. The van der Waals surface area contributed by atoms with Crippen molar-refractivity contribution in [3.8, 4) is 0 Å². The number of imidazole rings is 1. The van der Waals surface area contributed by atoms with Crippen LogP contribution in [-0.2, 0) is 32.3 Å². The topological polar surface area (TPSA) is 196 Å². The summed E-state index contributed by atoms with van der Waals surface area (Å²) in [7, 11) is 1.23. The summed E-state index contributed by atoms with van der Waals surface area (Å²) in [6.07, 6.45) is 8.41. The number of nitrogens with zero attached hydrogens (tertiary/aromatic N) is 7. The largest absolute Gasteiger partial charge is 0.543 e. The highest BCUT2D eigenvalue weighted by molar-refractivity contribution is 8.00. The van der Waals surface area contributed by atoms with E-state index >= 15 is 4.39 Å². The number of nitrogens with one attached hydrogen (secondary N) is 2. The zero-order chi connectivity index (χ0) is 36.7. The van der Waals surface area contributed by atoms with Crippen LogP contribution in [0, 0.1) is 5.82 Å². The van der Waals surface area contributed by atoms with Gasteiger partial charge in [0.15, 0.2) is 17.0 Å². The molecule has 2 atom stereocenters. The number of carboxylic acid groups (broad SMARTS) is 1. The lowest BCUT2D eigenvalue weighted by molar-refractivity contribution is -0.662. The van der Waals surface area contributed by atoms with Crippen LogP contribution in [0.1, 0.15) is 40.9 Å². The fourth-order valence-electron chi connectivity index (χ4n) is 6.46. The molecule has 6 heterocycles. The van der Waals surface area contributed by atoms with Crippen LogP contribution in [0.3, 0.4) is 0 Å². The maximum absolute atomic E-state index is 15.2. The number of thiazole rings is 1. The number of β-lactam (4-membered cyclic amide) rings is 1. The quantitative estimate of drug-likeness (QED) is 0.0837. The molecule has 0 saturated carbocycles. The lowest BCUT2D eigenvalue weighted by Gasteiger charge is -2.50. The first-order valence-corrected chi connectivity index (χ1v) is 18.4. The number of hydrazine groups is 1. The van der Waals surface area contributed by atoms with Crippen LogP contribution in [0.25, 0.3) is 5.65 Å². The Morgan fingerprint density at radius 1 is 1.21 bits per heavy atom. The number of piperidine rings is 1. The Morgan fingerprint density at radius 3 is 2.69 bits per heavy atom. The molecule has 3 aliphatic heterocycles. The summed E-state index contributed by atoms with van der Waals surface area (Å²) in [5, 5.41) is 20.0. The van der Waals surface area contributed by atoms with Gasteiger partial charge in [-0.2, -0.15) is 0 Å². The minimum absolute atomic E-state index is 0.0129. The SMILES string of the molecule is CO/N=C(\C(=O)N[C@@H]1C(=O)N2C(C(=O)[O-])=C(Cn3ccc4n3cc[n+]4Cc3ccc(C(=O)NN4CCCCC4)cc3F)CS[C@H]12)c1nc(N)sc1Cl. The van der Waals surface area contributed by atoms with Gasteiger partial charge in [-0.1, -0.05) is 40.6 Å². The van der Waals surface area contributed by atoms with Gasteiger partial charge in [0.1, 0.15) is 47.1 Å². The number of nitrogen functional groups attached to an aromatic ring is 1. The van der Waals surface area contributed by atoms with E-state index in [1.165, 1.54) is 24.9 Å². The molecule has 0 radical (unpaired) electrons. The molecule has 0 aliphatic carbocycles. The third-order valence-electron chi connectivity index (χ3n) is 8.97. The lowest BCUT2D eigenvalue weighted by Crippen LogP contribution is -2.71. The molecule has 2 fully saturated rings. The van der Waals surface area contributed by atoms with Gasteiger partial charge >= 0.3 is 5.65 Å². The number of oxime groups is 1. The van der Waals surface area contributed by atoms with Gasteiger partial charge in [0.05, 0.1) is 30.5 Å². The third-order valence-corrected chi connectivity index (χ3v) is 11.4. The molecule has 272 valence electrons. The number of hydrogen-bond donors (Lipinski definition) is 3. The summed E-state index contributed by atoms with van der Waals surface area (Å²) in [4.78, 5) is 61.5. The van der Waals surface area contributed by atoms with Gasteiger partial charge in [-0.25, -0.2) is 23.6 Å². The molecule has 7 rings (SSSR count). The van der Waals surface area contributed by atoms with Crippen molar-refractivity contribution in [1.29, 1.82) is 0 Å². The van der Waals surface area contributed by atoms with Crippen molar-refractivity contribution in [3.63, 3.8) is 0 Å². The number of amides is 3. The summed E-state index contributed by atoms with van der Waals surface area (Å²) < 4.78 is 20.7. The second-order valence-corrected chi connectivity index (χ2v) is 15.0. The summed E-state index contributed by atoms with van der Waals surface area (Å²) in [6.45, 7) is 1.82. The van der Waals surface area contributed by atoms with E-state index < -0.39 is 35.0 Å². The van der Waals surface area contributed by atoms with E-state index in [0.717, 1.165) is 48.6 Å². The smallest absolute Gasteiger partial charge is 0.307 e. The van der Waals surface area contributed by atoms with Gasteiger partial charge in [-0.3, -0.25) is 24.7 Å². The lowest BCUT2D eigenvalue weighted by atomic mass is 10.0. The first-order chi connectivity index (χ1) is 25.0. The van der Waals surface area contributed by atoms with Crippen molar-refractivity contribution in [2.45, 2.75) is 43.8 Å². The number of hydrogen-bond acceptors (Lipinski definition) is 12. The van der Waals surface area contributed by atoms with E-state index in [2.05, 4.69) is 20.9 Å². The Labute approximate surface area is 308 Å². The van der Waals surface area contributed by atoms with E-state index in [1.54, 1.807) is 46.0 Å². The molecule has 52 heavy (non-hydrogen) atoms. The minimum Gasteiger partial charge on any atom is -0.543 e. The highest BCUT2D eigenvalue weighted by atomic mass is 35.5. The molecular weight excluding hydrogens is 739 g/mol. The van der Waals surface area contributed by atoms with Gasteiger partial charge in [0, 0.05) is 30.0 Å². The van der Waals surface area contributed by atoms with Crippen molar-refractivity contribution >= 4 is 74.9 Å². The Hall–Kier alpha value is -4.98. The first kappa shape index (κ1) is 35.4. The number of aliphatic carboxylic acids is 1. The number of carboxylic acids is 1. The third kappa shape index (κ3) is 6.71. The number of aromatic nitrogens is 4. The van der Waals surface area contributed by atoms with Crippen LogP contribution >= 0.6 is 34.7 Å². The summed E-state index contributed by atoms with van der Waals surface area (Å²) in [6, 6.07) is 5.17. The molecule has 3 aromatic heterocycles. The fraction of sp³-hybridized carbons (Fsp3) is 0.344. The highest BCUT2D eigenvalue weighted by Gasteiger charge is 2.53. The van der Waals surface area contributed by atoms with Gasteiger partial charge in [-0.15, -0.1) is 16.3 Å². The molecule has 0 bridgehead atoms. The Balaban J connectivity index is 1.04. The number of halogens is 2. The van der Waals surface area contributed by atoms with Crippen molar-refractivity contribution < 1.29 is 38.1 Å².